The normalized spacial score (nSPS) is 12.1. The molecular formula is C24H16ClN3OS. The molecule has 0 aliphatic carbocycles. The van der Waals surface area contributed by atoms with Crippen LogP contribution in [0.25, 0.3) is 0 Å². The average Bonchev–Trinajstić information content (AvgIpc) is 2.79. The van der Waals surface area contributed by atoms with Gasteiger partial charge in [-0.25, -0.2) is 14.7 Å². The Bertz CT molecular complexity index is 1180. The molecule has 0 atom stereocenters. The van der Waals surface area contributed by atoms with Gasteiger partial charge < -0.3 is 0 Å². The summed E-state index contributed by atoms with van der Waals surface area (Å²) in [6.07, 6.45) is 1.57. The summed E-state index contributed by atoms with van der Waals surface area (Å²) in [4.78, 5) is 23.8. The first kappa shape index (κ1) is 18.7. The van der Waals surface area contributed by atoms with Gasteiger partial charge in [0, 0.05) is 11.1 Å². The number of fused-ring (bicyclic) bond motifs is 2. The molecule has 6 heteroatoms. The zero-order valence-electron chi connectivity index (χ0n) is 15.8. The van der Waals surface area contributed by atoms with E-state index >= 15 is 0 Å². The minimum Gasteiger partial charge on any atom is -0.262 e. The number of carbonyl (C=O) groups is 1. The molecule has 0 fully saturated rings. The molecule has 1 aliphatic heterocycles. The molecule has 0 saturated carbocycles. The molecule has 2 amide bonds. The van der Waals surface area contributed by atoms with Gasteiger partial charge in [-0.1, -0.05) is 71.9 Å². The second-order valence-corrected chi connectivity index (χ2v) is 8.19. The van der Waals surface area contributed by atoms with Gasteiger partial charge in [0.25, 0.3) is 0 Å². The van der Waals surface area contributed by atoms with Gasteiger partial charge in [-0.05, 0) is 42.5 Å². The quantitative estimate of drug-likeness (QED) is 0.335. The van der Waals surface area contributed by atoms with Crippen molar-refractivity contribution in [1.29, 1.82) is 0 Å². The number of hydrogen-bond donors (Lipinski definition) is 0. The Hall–Kier alpha value is -3.28. The molecule has 2 heterocycles. The van der Waals surface area contributed by atoms with Crippen LogP contribution in [0.3, 0.4) is 0 Å². The fourth-order valence-corrected chi connectivity index (χ4v) is 4.73. The molecule has 0 spiro atoms. The van der Waals surface area contributed by atoms with Gasteiger partial charge in [-0.15, -0.1) is 0 Å². The lowest BCUT2D eigenvalue weighted by Crippen LogP contribution is -2.39. The Morgan fingerprint density at radius 2 is 1.43 bits per heavy atom. The van der Waals surface area contributed by atoms with E-state index in [0.29, 0.717) is 10.8 Å². The summed E-state index contributed by atoms with van der Waals surface area (Å²) in [5, 5.41) is 0.538. The van der Waals surface area contributed by atoms with Crippen molar-refractivity contribution in [3.05, 3.63) is 102 Å². The molecule has 30 heavy (non-hydrogen) atoms. The fourth-order valence-electron chi connectivity index (χ4n) is 3.43. The van der Waals surface area contributed by atoms with Gasteiger partial charge >= 0.3 is 6.03 Å². The first-order valence-corrected chi connectivity index (χ1v) is 10.6. The monoisotopic (exact) mass is 429 g/mol. The Morgan fingerprint density at radius 1 is 0.833 bits per heavy atom. The van der Waals surface area contributed by atoms with E-state index < -0.39 is 0 Å². The van der Waals surface area contributed by atoms with Crippen molar-refractivity contribution < 1.29 is 4.79 Å². The highest BCUT2D eigenvalue weighted by Crippen LogP contribution is 2.48. The molecule has 1 aromatic heterocycles. The summed E-state index contributed by atoms with van der Waals surface area (Å²) in [6.45, 7) is 0. The van der Waals surface area contributed by atoms with Crippen molar-refractivity contribution in [2.45, 2.75) is 9.79 Å². The van der Waals surface area contributed by atoms with Gasteiger partial charge in [0.05, 0.1) is 27.0 Å². The van der Waals surface area contributed by atoms with E-state index in [0.717, 1.165) is 26.9 Å². The minimum atomic E-state index is -0.212. The summed E-state index contributed by atoms with van der Waals surface area (Å²) in [5.41, 5.74) is 2.35. The van der Waals surface area contributed by atoms with Gasteiger partial charge in [0.1, 0.15) is 0 Å². The van der Waals surface area contributed by atoms with Crippen LogP contribution in [-0.4, -0.2) is 11.0 Å². The van der Waals surface area contributed by atoms with Crippen molar-refractivity contribution in [2.24, 2.45) is 0 Å². The van der Waals surface area contributed by atoms with Crippen LogP contribution in [0.5, 0.6) is 0 Å². The van der Waals surface area contributed by atoms with Crippen molar-refractivity contribution in [1.82, 2.24) is 4.98 Å². The highest BCUT2D eigenvalue weighted by Gasteiger charge is 2.33. The van der Waals surface area contributed by atoms with Crippen molar-refractivity contribution in [2.75, 3.05) is 9.80 Å². The van der Waals surface area contributed by atoms with E-state index in [1.807, 2.05) is 91.0 Å². The van der Waals surface area contributed by atoms with Crippen molar-refractivity contribution in [3.8, 4) is 0 Å². The lowest BCUT2D eigenvalue weighted by Gasteiger charge is -2.34. The Labute approximate surface area is 183 Å². The summed E-state index contributed by atoms with van der Waals surface area (Å²) in [7, 11) is 0. The minimum absolute atomic E-state index is 0.212. The fraction of sp³-hybridized carbons (Fsp3) is 0. The molecular weight excluding hydrogens is 414 g/mol. The van der Waals surface area contributed by atoms with E-state index in [2.05, 4.69) is 4.98 Å². The summed E-state index contributed by atoms with van der Waals surface area (Å²) >= 11 is 7.76. The lowest BCUT2D eigenvalue weighted by molar-refractivity contribution is 0.255. The van der Waals surface area contributed by atoms with Gasteiger partial charge in [-0.2, -0.15) is 0 Å². The first-order valence-electron chi connectivity index (χ1n) is 9.39. The molecule has 0 N–H and O–H groups in total. The van der Waals surface area contributed by atoms with E-state index in [9.17, 15) is 4.79 Å². The second kappa shape index (κ2) is 7.86. The number of urea groups is 1. The molecule has 0 radical (unpaired) electrons. The largest absolute Gasteiger partial charge is 0.339 e. The summed E-state index contributed by atoms with van der Waals surface area (Å²) < 4.78 is 0. The second-order valence-electron chi connectivity index (χ2n) is 6.67. The maximum absolute atomic E-state index is 14.1. The predicted molar refractivity (Wildman–Crippen MR) is 122 cm³/mol. The lowest BCUT2D eigenvalue weighted by atomic mass is 10.2. The highest BCUT2D eigenvalue weighted by atomic mass is 35.5. The molecule has 3 aromatic carbocycles. The SMILES string of the molecule is O=C(N(c1ccccc1)c1ccccc1)N1c2ccccc2Sc2cc(Cl)cnc21. The number of rotatable bonds is 2. The standard InChI is InChI=1S/C24H16ClN3OS/c25-17-15-22-23(26-16-17)28(20-13-7-8-14-21(20)30-22)24(29)27(18-9-3-1-4-10-18)19-11-5-2-6-12-19/h1-16H. The van der Waals surface area contributed by atoms with E-state index in [-0.39, 0.29) is 6.03 Å². The molecule has 0 saturated heterocycles. The average molecular weight is 430 g/mol. The van der Waals surface area contributed by atoms with Crippen LogP contribution >= 0.6 is 23.4 Å². The molecule has 0 bridgehead atoms. The number of benzene rings is 3. The van der Waals surface area contributed by atoms with Crippen LogP contribution in [0.4, 0.5) is 27.7 Å². The van der Waals surface area contributed by atoms with Gasteiger partial charge in [0.2, 0.25) is 0 Å². The Kier molecular flexibility index (Phi) is 4.91. The Morgan fingerprint density at radius 3 is 2.10 bits per heavy atom. The Balaban J connectivity index is 1.69. The smallest absolute Gasteiger partial charge is 0.262 e. The number of halogens is 1. The number of para-hydroxylation sites is 3. The maximum atomic E-state index is 14.1. The van der Waals surface area contributed by atoms with Crippen molar-refractivity contribution >= 4 is 52.3 Å². The number of carbonyl (C=O) groups excluding carboxylic acids is 1. The maximum Gasteiger partial charge on any atom is 0.339 e. The third-order valence-electron chi connectivity index (χ3n) is 4.75. The van der Waals surface area contributed by atoms with E-state index in [1.165, 1.54) is 0 Å². The number of pyridine rings is 1. The summed E-state index contributed by atoms with van der Waals surface area (Å²) in [6, 6.07) is 28.7. The van der Waals surface area contributed by atoms with Crippen LogP contribution < -0.4 is 9.80 Å². The van der Waals surface area contributed by atoms with Crippen LogP contribution in [0, 0.1) is 0 Å². The third-order valence-corrected chi connectivity index (χ3v) is 6.04. The molecule has 5 rings (SSSR count). The molecule has 4 aromatic rings. The topological polar surface area (TPSA) is 36.4 Å². The number of anilines is 4. The van der Waals surface area contributed by atoms with Crippen LogP contribution in [0.2, 0.25) is 5.02 Å². The highest BCUT2D eigenvalue weighted by molar-refractivity contribution is 7.99. The van der Waals surface area contributed by atoms with Crippen LogP contribution in [0.1, 0.15) is 0 Å². The van der Waals surface area contributed by atoms with E-state index in [1.54, 1.807) is 27.8 Å². The van der Waals surface area contributed by atoms with Gasteiger partial charge in [-0.3, -0.25) is 4.90 Å². The predicted octanol–water partition coefficient (Wildman–Crippen LogP) is 7.30. The third kappa shape index (κ3) is 3.32. The first-order chi connectivity index (χ1) is 14.7. The van der Waals surface area contributed by atoms with Crippen molar-refractivity contribution in [3.63, 3.8) is 0 Å². The number of aromatic nitrogens is 1. The van der Waals surface area contributed by atoms with Crippen LogP contribution in [0.15, 0.2) is 107 Å². The van der Waals surface area contributed by atoms with Crippen LogP contribution in [-0.2, 0) is 0 Å². The molecule has 1 aliphatic rings. The summed E-state index contributed by atoms with van der Waals surface area (Å²) in [5.74, 6) is 0.574. The van der Waals surface area contributed by atoms with Gasteiger partial charge in [0.15, 0.2) is 5.82 Å². The molecule has 146 valence electrons. The van der Waals surface area contributed by atoms with E-state index in [4.69, 9.17) is 11.6 Å². The number of hydrogen-bond acceptors (Lipinski definition) is 3. The zero-order chi connectivity index (χ0) is 20.5. The number of amides is 2. The molecule has 4 nitrogen and oxygen atoms in total. The number of nitrogens with zero attached hydrogens (tertiary/aromatic N) is 3. The zero-order valence-corrected chi connectivity index (χ0v) is 17.3. The molecule has 0 unspecified atom stereocenters.